The van der Waals surface area contributed by atoms with Gasteiger partial charge in [-0.15, -0.1) is 0 Å². The van der Waals surface area contributed by atoms with E-state index in [9.17, 15) is 8.42 Å². The Labute approximate surface area is 86.5 Å². The van der Waals surface area contributed by atoms with Crippen LogP contribution in [0.15, 0.2) is 0 Å². The maximum atomic E-state index is 11.8. The number of hydrogen-bond acceptors (Lipinski definition) is 3. The standard InChI is InChI=1S/C9H20N2O2S/c1-3-7-14(12,13)11-6-4-5-8(2)9(11)10/h8-9H,3-7,10H2,1-2H3. The van der Waals surface area contributed by atoms with E-state index in [2.05, 4.69) is 0 Å². The zero-order chi connectivity index (χ0) is 10.8. The summed E-state index contributed by atoms with van der Waals surface area (Å²) in [4.78, 5) is 0. The molecule has 5 heteroatoms. The third kappa shape index (κ3) is 2.46. The van der Waals surface area contributed by atoms with Gasteiger partial charge in [-0.25, -0.2) is 8.42 Å². The maximum Gasteiger partial charge on any atom is 0.215 e. The molecule has 14 heavy (non-hydrogen) atoms. The van der Waals surface area contributed by atoms with Gasteiger partial charge in [0.05, 0.1) is 11.9 Å². The van der Waals surface area contributed by atoms with Crippen molar-refractivity contribution in [3.8, 4) is 0 Å². The molecule has 1 saturated heterocycles. The first-order valence-corrected chi connectivity index (χ1v) is 6.85. The first-order chi connectivity index (χ1) is 6.49. The highest BCUT2D eigenvalue weighted by molar-refractivity contribution is 7.89. The topological polar surface area (TPSA) is 63.4 Å². The van der Waals surface area contributed by atoms with E-state index >= 15 is 0 Å². The van der Waals surface area contributed by atoms with Crippen LogP contribution in [0, 0.1) is 5.92 Å². The van der Waals surface area contributed by atoms with Crippen LogP contribution >= 0.6 is 0 Å². The molecule has 2 atom stereocenters. The normalized spacial score (nSPS) is 30.5. The van der Waals surface area contributed by atoms with Crippen LogP contribution < -0.4 is 5.73 Å². The van der Waals surface area contributed by atoms with Crippen LogP contribution in [0.25, 0.3) is 0 Å². The average molecular weight is 220 g/mol. The highest BCUT2D eigenvalue weighted by Crippen LogP contribution is 2.22. The van der Waals surface area contributed by atoms with Gasteiger partial charge in [0.25, 0.3) is 0 Å². The third-order valence-electron chi connectivity index (χ3n) is 2.77. The molecule has 0 saturated carbocycles. The number of rotatable bonds is 3. The number of nitrogens with zero attached hydrogens (tertiary/aromatic N) is 1. The Kier molecular flexibility index (Phi) is 3.92. The zero-order valence-electron chi connectivity index (χ0n) is 8.94. The Morgan fingerprint density at radius 2 is 2.14 bits per heavy atom. The fourth-order valence-corrected chi connectivity index (χ4v) is 3.61. The van der Waals surface area contributed by atoms with Crippen molar-refractivity contribution in [2.45, 2.75) is 39.3 Å². The lowest BCUT2D eigenvalue weighted by atomic mass is 9.99. The van der Waals surface area contributed by atoms with Crippen LogP contribution in [0.1, 0.15) is 33.1 Å². The van der Waals surface area contributed by atoms with Crippen LogP contribution in [0.3, 0.4) is 0 Å². The van der Waals surface area contributed by atoms with E-state index in [1.165, 1.54) is 4.31 Å². The van der Waals surface area contributed by atoms with Gasteiger partial charge in [0, 0.05) is 6.54 Å². The molecule has 2 unspecified atom stereocenters. The molecular formula is C9H20N2O2S. The van der Waals surface area contributed by atoms with Crippen molar-refractivity contribution >= 4 is 10.0 Å². The van der Waals surface area contributed by atoms with Gasteiger partial charge < -0.3 is 5.73 Å². The molecule has 0 aromatic heterocycles. The fourth-order valence-electron chi connectivity index (χ4n) is 1.87. The SMILES string of the molecule is CCCS(=O)(=O)N1CCCC(C)C1N. The van der Waals surface area contributed by atoms with Crippen LogP contribution in [0.4, 0.5) is 0 Å². The molecule has 1 aliphatic rings. The Morgan fingerprint density at radius 1 is 1.50 bits per heavy atom. The third-order valence-corrected chi connectivity index (χ3v) is 4.84. The Hall–Kier alpha value is -0.130. The first kappa shape index (κ1) is 11.9. The molecule has 0 aromatic carbocycles. The molecule has 0 radical (unpaired) electrons. The van der Waals surface area contributed by atoms with Gasteiger partial charge in [-0.2, -0.15) is 4.31 Å². The summed E-state index contributed by atoms with van der Waals surface area (Å²) in [6.45, 7) is 4.47. The predicted octanol–water partition coefficient (Wildman–Crippen LogP) is 0.743. The number of nitrogens with two attached hydrogens (primary N) is 1. The largest absolute Gasteiger partial charge is 0.315 e. The summed E-state index contributed by atoms with van der Waals surface area (Å²) in [5, 5.41) is 0. The lowest BCUT2D eigenvalue weighted by Crippen LogP contribution is -2.53. The van der Waals surface area contributed by atoms with Gasteiger partial charge in [0.2, 0.25) is 10.0 Å². The molecule has 1 fully saturated rings. The summed E-state index contributed by atoms with van der Waals surface area (Å²) < 4.78 is 25.1. The summed E-state index contributed by atoms with van der Waals surface area (Å²) in [6.07, 6.45) is 2.29. The molecule has 0 aromatic rings. The Morgan fingerprint density at radius 3 is 2.71 bits per heavy atom. The summed E-state index contributed by atoms with van der Waals surface area (Å²) in [5.74, 6) is 0.489. The second kappa shape index (κ2) is 4.59. The molecule has 0 spiro atoms. The van der Waals surface area contributed by atoms with Gasteiger partial charge in [0.1, 0.15) is 0 Å². The van der Waals surface area contributed by atoms with Crippen molar-refractivity contribution in [1.29, 1.82) is 0 Å². The van der Waals surface area contributed by atoms with Crippen LogP contribution in [0.2, 0.25) is 0 Å². The quantitative estimate of drug-likeness (QED) is 0.763. The summed E-state index contributed by atoms with van der Waals surface area (Å²) in [7, 11) is -3.11. The van der Waals surface area contributed by atoms with Gasteiger partial charge in [-0.3, -0.25) is 0 Å². The summed E-state index contributed by atoms with van der Waals surface area (Å²) >= 11 is 0. The lowest BCUT2D eigenvalue weighted by Gasteiger charge is -2.36. The van der Waals surface area contributed by atoms with Crippen molar-refractivity contribution in [1.82, 2.24) is 4.31 Å². The highest BCUT2D eigenvalue weighted by Gasteiger charge is 2.33. The number of sulfonamides is 1. The molecule has 2 N–H and O–H groups in total. The van der Waals surface area contributed by atoms with Crippen molar-refractivity contribution < 1.29 is 8.42 Å². The molecule has 0 bridgehead atoms. The second-order valence-corrected chi connectivity index (χ2v) is 6.08. The minimum Gasteiger partial charge on any atom is -0.315 e. The summed E-state index contributed by atoms with van der Waals surface area (Å²) in [6, 6.07) is 0. The molecule has 84 valence electrons. The highest BCUT2D eigenvalue weighted by atomic mass is 32.2. The first-order valence-electron chi connectivity index (χ1n) is 5.24. The molecule has 4 nitrogen and oxygen atoms in total. The monoisotopic (exact) mass is 220 g/mol. The van der Waals surface area contributed by atoms with Crippen LogP contribution in [0.5, 0.6) is 0 Å². The minimum absolute atomic E-state index is 0.216. The van der Waals surface area contributed by atoms with E-state index in [1.807, 2.05) is 13.8 Å². The smallest absolute Gasteiger partial charge is 0.215 e. The molecular weight excluding hydrogens is 200 g/mol. The predicted molar refractivity (Wildman–Crippen MR) is 57.2 cm³/mol. The fraction of sp³-hybridized carbons (Fsp3) is 1.00. The van der Waals surface area contributed by atoms with Crippen LogP contribution in [-0.2, 0) is 10.0 Å². The Balaban J connectivity index is 2.76. The van der Waals surface area contributed by atoms with E-state index in [-0.39, 0.29) is 17.8 Å². The van der Waals surface area contributed by atoms with Crippen molar-refractivity contribution in [3.63, 3.8) is 0 Å². The minimum atomic E-state index is -3.11. The van der Waals surface area contributed by atoms with E-state index < -0.39 is 10.0 Å². The lowest BCUT2D eigenvalue weighted by molar-refractivity contribution is 0.192. The van der Waals surface area contributed by atoms with Crippen molar-refractivity contribution in [2.24, 2.45) is 11.7 Å². The molecule has 0 amide bonds. The number of piperidine rings is 1. The molecule has 1 heterocycles. The van der Waals surface area contributed by atoms with Crippen molar-refractivity contribution in [2.75, 3.05) is 12.3 Å². The molecule has 0 aliphatic carbocycles. The van der Waals surface area contributed by atoms with Crippen LogP contribution in [-0.4, -0.2) is 31.2 Å². The zero-order valence-corrected chi connectivity index (χ0v) is 9.76. The van der Waals surface area contributed by atoms with Gasteiger partial charge in [-0.05, 0) is 25.2 Å². The average Bonchev–Trinajstić information content (AvgIpc) is 2.09. The molecule has 1 rings (SSSR count). The van der Waals surface area contributed by atoms with Gasteiger partial charge in [-0.1, -0.05) is 13.8 Å². The Bertz CT molecular complexity index is 277. The summed E-state index contributed by atoms with van der Waals surface area (Å²) in [5.41, 5.74) is 5.89. The number of hydrogen-bond donors (Lipinski definition) is 1. The van der Waals surface area contributed by atoms with E-state index in [0.29, 0.717) is 13.0 Å². The van der Waals surface area contributed by atoms with Crippen molar-refractivity contribution in [3.05, 3.63) is 0 Å². The van der Waals surface area contributed by atoms with E-state index in [4.69, 9.17) is 5.73 Å². The maximum absolute atomic E-state index is 11.8. The van der Waals surface area contributed by atoms with Gasteiger partial charge in [0.15, 0.2) is 0 Å². The van der Waals surface area contributed by atoms with Gasteiger partial charge >= 0.3 is 0 Å². The van der Waals surface area contributed by atoms with E-state index in [1.54, 1.807) is 0 Å². The van der Waals surface area contributed by atoms with E-state index in [0.717, 1.165) is 12.8 Å². The second-order valence-electron chi connectivity index (χ2n) is 4.04. The molecule has 1 aliphatic heterocycles.